The molecule has 4 rings (SSSR count). The van der Waals surface area contributed by atoms with Crippen molar-refractivity contribution in [1.82, 2.24) is 4.90 Å². The lowest BCUT2D eigenvalue weighted by Crippen LogP contribution is -2.36. The first-order chi connectivity index (χ1) is 13.6. The van der Waals surface area contributed by atoms with E-state index in [1.165, 1.54) is 17.0 Å². The van der Waals surface area contributed by atoms with Crippen LogP contribution in [-0.2, 0) is 14.3 Å². The summed E-state index contributed by atoms with van der Waals surface area (Å²) in [4.78, 5) is 27.1. The van der Waals surface area contributed by atoms with Gasteiger partial charge in [0, 0.05) is 18.7 Å². The van der Waals surface area contributed by atoms with E-state index in [0.717, 1.165) is 12.8 Å². The Morgan fingerprint density at radius 3 is 2.43 bits per heavy atom. The van der Waals surface area contributed by atoms with Crippen LogP contribution in [0.1, 0.15) is 30.0 Å². The standard InChI is InChI=1S/C22H21NO5/c24-16-10-8-14(9-11-16)19-18(20(25)15-5-2-1-3-6-15)21(26)22(27)23(19)13-17-7-4-12-28-17/h1-3,5-6,8-11,17,19,24-25H,4,7,12-13H2/b20-18-. The predicted octanol–water partition coefficient (Wildman–Crippen LogP) is 2.99. The Kier molecular flexibility index (Phi) is 4.88. The zero-order valence-corrected chi connectivity index (χ0v) is 15.2. The van der Waals surface area contributed by atoms with Crippen LogP contribution in [0.25, 0.3) is 5.76 Å². The summed E-state index contributed by atoms with van der Waals surface area (Å²) < 4.78 is 5.66. The maximum Gasteiger partial charge on any atom is 0.295 e. The molecule has 2 aromatic carbocycles. The first kappa shape index (κ1) is 18.3. The molecule has 0 saturated carbocycles. The van der Waals surface area contributed by atoms with E-state index >= 15 is 0 Å². The van der Waals surface area contributed by atoms with Crippen molar-refractivity contribution in [3.63, 3.8) is 0 Å². The third-order valence-corrected chi connectivity index (χ3v) is 5.22. The van der Waals surface area contributed by atoms with E-state index < -0.39 is 17.7 Å². The van der Waals surface area contributed by atoms with Crippen molar-refractivity contribution in [3.8, 4) is 5.75 Å². The minimum atomic E-state index is -0.731. The van der Waals surface area contributed by atoms with Crippen LogP contribution in [-0.4, -0.2) is 46.1 Å². The molecule has 0 radical (unpaired) electrons. The van der Waals surface area contributed by atoms with E-state index in [2.05, 4.69) is 0 Å². The van der Waals surface area contributed by atoms with Gasteiger partial charge in [0.25, 0.3) is 11.7 Å². The van der Waals surface area contributed by atoms with E-state index in [9.17, 15) is 19.8 Å². The second-order valence-corrected chi connectivity index (χ2v) is 7.04. The van der Waals surface area contributed by atoms with E-state index in [1.807, 2.05) is 6.07 Å². The maximum absolute atomic E-state index is 12.9. The van der Waals surface area contributed by atoms with Gasteiger partial charge in [-0.1, -0.05) is 42.5 Å². The number of phenols is 1. The van der Waals surface area contributed by atoms with Gasteiger partial charge in [-0.25, -0.2) is 0 Å². The third-order valence-electron chi connectivity index (χ3n) is 5.22. The summed E-state index contributed by atoms with van der Waals surface area (Å²) >= 11 is 0. The number of aliphatic hydroxyl groups excluding tert-OH is 1. The Bertz CT molecular complexity index is 914. The smallest absolute Gasteiger partial charge is 0.295 e. The Hall–Kier alpha value is -3.12. The summed E-state index contributed by atoms with van der Waals surface area (Å²) in [5, 5.41) is 20.5. The number of amides is 1. The van der Waals surface area contributed by atoms with Gasteiger partial charge >= 0.3 is 0 Å². The molecule has 2 aliphatic heterocycles. The number of hydrogen-bond donors (Lipinski definition) is 2. The number of nitrogens with zero attached hydrogens (tertiary/aromatic N) is 1. The van der Waals surface area contributed by atoms with Gasteiger partial charge in [0.2, 0.25) is 0 Å². The van der Waals surface area contributed by atoms with Gasteiger partial charge in [-0.05, 0) is 30.5 Å². The van der Waals surface area contributed by atoms with Crippen LogP contribution in [0.3, 0.4) is 0 Å². The van der Waals surface area contributed by atoms with Crippen molar-refractivity contribution in [2.75, 3.05) is 13.2 Å². The summed E-state index contributed by atoms with van der Waals surface area (Å²) in [5.41, 5.74) is 1.17. The van der Waals surface area contributed by atoms with Crippen molar-refractivity contribution in [3.05, 3.63) is 71.3 Å². The van der Waals surface area contributed by atoms with Crippen molar-refractivity contribution < 1.29 is 24.5 Å². The predicted molar refractivity (Wildman–Crippen MR) is 103 cm³/mol. The quantitative estimate of drug-likeness (QED) is 0.484. The fraction of sp³-hybridized carbons (Fsp3) is 0.273. The number of hydrogen-bond acceptors (Lipinski definition) is 5. The number of Topliss-reactive ketones (excluding diaryl/α,β-unsaturated/α-hetero) is 1. The van der Waals surface area contributed by atoms with Crippen molar-refractivity contribution >= 4 is 17.4 Å². The SMILES string of the molecule is O=C1C(=O)N(CC2CCCO2)C(c2ccc(O)cc2)/C1=C(/O)c1ccccc1. The summed E-state index contributed by atoms with van der Waals surface area (Å²) in [5.74, 6) is -1.47. The molecule has 2 N–H and O–H groups in total. The zero-order chi connectivity index (χ0) is 19.7. The van der Waals surface area contributed by atoms with Crippen molar-refractivity contribution in [2.45, 2.75) is 25.0 Å². The molecule has 2 fully saturated rings. The molecule has 2 aliphatic rings. The lowest BCUT2D eigenvalue weighted by Gasteiger charge is -2.27. The van der Waals surface area contributed by atoms with Gasteiger partial charge in [-0.3, -0.25) is 9.59 Å². The second-order valence-electron chi connectivity index (χ2n) is 7.04. The van der Waals surface area contributed by atoms with Gasteiger partial charge in [0.15, 0.2) is 0 Å². The van der Waals surface area contributed by atoms with Crippen LogP contribution in [0, 0.1) is 0 Å². The first-order valence-corrected chi connectivity index (χ1v) is 9.30. The number of carbonyl (C=O) groups is 2. The minimum absolute atomic E-state index is 0.0555. The number of benzene rings is 2. The Morgan fingerprint density at radius 1 is 1.07 bits per heavy atom. The van der Waals surface area contributed by atoms with E-state index in [4.69, 9.17) is 4.74 Å². The highest BCUT2D eigenvalue weighted by Crippen LogP contribution is 2.40. The van der Waals surface area contributed by atoms with Gasteiger partial charge in [0.1, 0.15) is 11.5 Å². The molecule has 2 aromatic rings. The fourth-order valence-corrected chi connectivity index (χ4v) is 3.83. The first-order valence-electron chi connectivity index (χ1n) is 9.30. The average Bonchev–Trinajstić information content (AvgIpc) is 3.31. The van der Waals surface area contributed by atoms with E-state index in [0.29, 0.717) is 17.7 Å². The van der Waals surface area contributed by atoms with Gasteiger partial charge in [-0.15, -0.1) is 0 Å². The largest absolute Gasteiger partial charge is 0.508 e. The molecule has 6 nitrogen and oxygen atoms in total. The normalized spacial score (nSPS) is 24.1. The highest BCUT2D eigenvalue weighted by Gasteiger charge is 2.47. The molecular formula is C22H21NO5. The van der Waals surface area contributed by atoms with Crippen LogP contribution in [0.2, 0.25) is 0 Å². The number of rotatable bonds is 4. The number of aromatic hydroxyl groups is 1. The summed E-state index contributed by atoms with van der Waals surface area (Å²) in [6.45, 7) is 0.921. The molecule has 2 heterocycles. The summed E-state index contributed by atoms with van der Waals surface area (Å²) in [6, 6.07) is 14.3. The lowest BCUT2D eigenvalue weighted by molar-refractivity contribution is -0.140. The van der Waals surface area contributed by atoms with Crippen molar-refractivity contribution in [2.24, 2.45) is 0 Å². The van der Waals surface area contributed by atoms with E-state index in [1.54, 1.807) is 36.4 Å². The molecule has 6 heteroatoms. The number of ketones is 1. The summed E-state index contributed by atoms with van der Waals surface area (Å²) in [6.07, 6.45) is 1.61. The van der Waals surface area contributed by atoms with Gasteiger partial charge < -0.3 is 19.8 Å². The average molecular weight is 379 g/mol. The highest BCUT2D eigenvalue weighted by molar-refractivity contribution is 6.46. The van der Waals surface area contributed by atoms with Crippen LogP contribution in [0.5, 0.6) is 5.75 Å². The molecule has 0 aliphatic carbocycles. The minimum Gasteiger partial charge on any atom is -0.508 e. The molecule has 1 amide bonds. The Morgan fingerprint density at radius 2 is 1.79 bits per heavy atom. The number of ether oxygens (including phenoxy) is 1. The topological polar surface area (TPSA) is 87.1 Å². The fourth-order valence-electron chi connectivity index (χ4n) is 3.83. The van der Waals surface area contributed by atoms with Crippen LogP contribution in [0.4, 0.5) is 0 Å². The molecule has 2 saturated heterocycles. The molecule has 2 atom stereocenters. The number of carbonyl (C=O) groups excluding carboxylic acids is 2. The molecule has 0 spiro atoms. The number of phenolic OH excluding ortho intramolecular Hbond substituents is 1. The number of likely N-dealkylation sites (tertiary alicyclic amines) is 1. The van der Waals surface area contributed by atoms with Crippen LogP contribution >= 0.6 is 0 Å². The Balaban J connectivity index is 1.81. The number of aliphatic hydroxyl groups is 1. The monoisotopic (exact) mass is 379 g/mol. The highest BCUT2D eigenvalue weighted by atomic mass is 16.5. The van der Waals surface area contributed by atoms with Gasteiger partial charge in [-0.2, -0.15) is 0 Å². The lowest BCUT2D eigenvalue weighted by atomic mass is 9.95. The Labute approximate surface area is 162 Å². The summed E-state index contributed by atoms with van der Waals surface area (Å²) in [7, 11) is 0. The zero-order valence-electron chi connectivity index (χ0n) is 15.2. The molecular weight excluding hydrogens is 358 g/mol. The second kappa shape index (κ2) is 7.48. The van der Waals surface area contributed by atoms with Crippen LogP contribution in [0.15, 0.2) is 60.2 Å². The van der Waals surface area contributed by atoms with Crippen molar-refractivity contribution in [1.29, 1.82) is 0 Å². The molecule has 0 aromatic heterocycles. The van der Waals surface area contributed by atoms with E-state index in [-0.39, 0.29) is 29.7 Å². The van der Waals surface area contributed by atoms with Gasteiger partial charge in [0.05, 0.1) is 17.7 Å². The maximum atomic E-state index is 12.9. The molecule has 2 unspecified atom stereocenters. The third kappa shape index (κ3) is 3.27. The molecule has 0 bridgehead atoms. The van der Waals surface area contributed by atoms with Crippen LogP contribution < -0.4 is 0 Å². The molecule has 144 valence electrons. The molecule has 28 heavy (non-hydrogen) atoms.